The van der Waals surface area contributed by atoms with Crippen LogP contribution < -0.4 is 0 Å². The fourth-order valence-electron chi connectivity index (χ4n) is 11.1. The van der Waals surface area contributed by atoms with E-state index in [0.29, 0.717) is 17.1 Å². The number of aromatic nitrogens is 7. The van der Waals surface area contributed by atoms with Crippen molar-refractivity contribution in [2.24, 2.45) is 0 Å². The smallest absolute Gasteiger partial charge is 0.381 e. The molecule has 14 nitrogen and oxygen atoms in total. The van der Waals surface area contributed by atoms with Gasteiger partial charge < -0.3 is 34.7 Å². The van der Waals surface area contributed by atoms with Gasteiger partial charge in [0.05, 0.1) is 28.3 Å². The number of allylic oxidation sites excluding steroid dienone is 6. The summed E-state index contributed by atoms with van der Waals surface area (Å²) in [6, 6.07) is 99.6. The maximum atomic E-state index is 12.3. The number of ketones is 3. The minimum absolute atomic E-state index is 0. The average molecular weight is 2710 g/mol. The van der Waals surface area contributed by atoms with Crippen molar-refractivity contribution < 1.29 is 169 Å². The predicted octanol–water partition coefficient (Wildman–Crippen LogP) is 24.0. The van der Waals surface area contributed by atoms with Crippen molar-refractivity contribution >= 4 is 72.1 Å². The molecule has 0 saturated heterocycles. The number of fused-ring (bicyclic) bond motifs is 6. The first kappa shape index (κ1) is 105. The largest absolute Gasteiger partial charge is 0.512 e. The Morgan fingerprint density at radius 3 is 1.52 bits per heavy atom. The Balaban J connectivity index is 0.000000355. The molecule has 0 atom stereocenters. The van der Waals surface area contributed by atoms with Crippen LogP contribution in [0, 0.1) is 36.4 Å². The molecule has 0 unspecified atom stereocenters. The molecule has 629 valence electrons. The molecule has 0 saturated carbocycles. The first-order valence-corrected chi connectivity index (χ1v) is 37.2. The summed E-state index contributed by atoms with van der Waals surface area (Å²) in [7, 11) is 0. The number of pyridine rings is 3. The summed E-state index contributed by atoms with van der Waals surface area (Å²) in [5, 5.41) is 34.9. The fraction of sp³-hybridized carbons (Fsp3) is 0.105. The molecular formula is C95H78F3Ir5N7O7PtS2-6. The summed E-state index contributed by atoms with van der Waals surface area (Å²) in [6.07, 6.45) is 8.09. The number of hydrogen-bond donors (Lipinski definition) is 3. The van der Waals surface area contributed by atoms with Crippen molar-refractivity contribution in [3.63, 3.8) is 0 Å². The fourth-order valence-corrected chi connectivity index (χ4v) is 12.8. The van der Waals surface area contributed by atoms with Crippen LogP contribution in [0.25, 0.3) is 104 Å². The topological polar surface area (TPSA) is 207 Å². The zero-order valence-electron chi connectivity index (χ0n) is 65.5. The number of thiophene rings is 1. The maximum Gasteiger partial charge on any atom is 0.381 e. The summed E-state index contributed by atoms with van der Waals surface area (Å²) in [5.41, 5.74) is 14.6. The predicted molar refractivity (Wildman–Crippen MR) is 449 cm³/mol. The number of nitrogens with zero attached hydrogens (tertiary/aromatic N) is 7. The third-order valence-corrected chi connectivity index (χ3v) is 17.9. The van der Waals surface area contributed by atoms with Crippen molar-refractivity contribution in [1.82, 2.24) is 34.7 Å². The Hall–Kier alpha value is -9.68. The van der Waals surface area contributed by atoms with Crippen LogP contribution in [0.5, 0.6) is 0 Å². The van der Waals surface area contributed by atoms with E-state index >= 15 is 0 Å². The number of aliphatic hydroxyl groups excluding tert-OH is 3. The zero-order chi connectivity index (χ0) is 81.4. The van der Waals surface area contributed by atoms with Crippen LogP contribution in [0.15, 0.2) is 331 Å². The van der Waals surface area contributed by atoms with Gasteiger partial charge in [-0.2, -0.15) is 53.9 Å². The molecule has 0 amide bonds. The number of para-hydroxylation sites is 3. The van der Waals surface area contributed by atoms with E-state index in [0.717, 1.165) is 72.4 Å². The number of rotatable bonds is 9. The summed E-state index contributed by atoms with van der Waals surface area (Å²) in [4.78, 5) is 52.7. The van der Waals surface area contributed by atoms with Gasteiger partial charge in [-0.1, -0.05) is 144 Å². The van der Waals surface area contributed by atoms with Gasteiger partial charge in [-0.25, -0.2) is 11.3 Å². The van der Waals surface area contributed by atoms with Gasteiger partial charge in [0.25, 0.3) is 0 Å². The summed E-state index contributed by atoms with van der Waals surface area (Å²) < 4.78 is 45.6. The van der Waals surface area contributed by atoms with Gasteiger partial charge in [-0.05, 0) is 129 Å². The van der Waals surface area contributed by atoms with Gasteiger partial charge in [0, 0.05) is 181 Å². The van der Waals surface area contributed by atoms with E-state index in [2.05, 4.69) is 160 Å². The maximum absolute atomic E-state index is 12.3. The number of thiazole rings is 1. The second-order valence-corrected chi connectivity index (χ2v) is 27.4. The number of hydrogen-bond acceptors (Lipinski definition) is 15. The van der Waals surface area contributed by atoms with E-state index in [1.807, 2.05) is 150 Å². The Morgan fingerprint density at radius 1 is 0.483 bits per heavy atom. The SMILES string of the molecule is CC(=O)C=C(C)O.CC(=O)C=C(C)O.CC(=O)C=C(C)O.CC1(C)c2ccccc2-c2c[c-]c(-n3cccn3)cc21.FC(F)(F)c1c[c-]c(-c2ccccn2)cc1.[Ir].[Ir].[Ir].[Ir].[Ir].[Pt].[c-]1ccc2ccccc2c1-c1nc2ccccc2s1.[c-]1ccccc1-c1ccccn1.[c-]1ccccc1-c1nc2ccccc2o1.[c-]1ccsc1-c1ccccn1. The molecule has 0 fully saturated rings. The van der Waals surface area contributed by atoms with E-state index in [4.69, 9.17) is 24.7 Å². The molecule has 7 heterocycles. The van der Waals surface area contributed by atoms with Crippen LogP contribution in [0.3, 0.4) is 0 Å². The van der Waals surface area contributed by atoms with Crippen molar-refractivity contribution in [2.45, 2.75) is 67.0 Å². The number of carbonyl (C=O) groups is 3. The quantitative estimate of drug-likeness (QED) is 0.0699. The average Bonchev–Trinajstić information content (AvgIpc) is 1.58. The molecule has 25 heteroatoms. The third-order valence-electron chi connectivity index (χ3n) is 16.0. The van der Waals surface area contributed by atoms with Gasteiger partial charge in [0.15, 0.2) is 17.3 Å². The molecule has 9 aromatic carbocycles. The molecule has 7 aromatic heterocycles. The summed E-state index contributed by atoms with van der Waals surface area (Å²) >= 11 is 3.38. The summed E-state index contributed by atoms with van der Waals surface area (Å²) in [6.45, 7) is 13.1. The van der Waals surface area contributed by atoms with E-state index in [-0.39, 0.29) is 162 Å². The van der Waals surface area contributed by atoms with E-state index < -0.39 is 11.7 Å². The van der Waals surface area contributed by atoms with Gasteiger partial charge in [0.2, 0.25) is 0 Å². The zero-order valence-corrected chi connectivity index (χ0v) is 81.4. The van der Waals surface area contributed by atoms with Gasteiger partial charge in [-0.15, -0.1) is 148 Å². The van der Waals surface area contributed by atoms with Crippen LogP contribution in [0.2, 0.25) is 0 Å². The van der Waals surface area contributed by atoms with Crippen LogP contribution in [0.4, 0.5) is 13.2 Å². The standard InChI is InChI=1S/C18H15N2.C17H10NS.C13H8NO.C12H7F3N.C11H8N.C9H6NS.3C5H8O2.5Ir.Pt/c1-18(2)16-7-4-3-6-14(16)15-9-8-13(12-17(15)18)20-11-5-10-19-20;1-2-8-13-12(6-1)7-5-9-14(13)17-18-15-10-3-4-11-16(15)19-17;1-2-6-10(7-3-1)13-14-11-8-4-5-9-12(11)15-13;13-12(14,15)10-6-4-9(5-7-10)11-3-1-2-8-16-11;1-2-6-10(7-3-1)11-8-4-5-9-12-11;1-2-6-10-8(4-1)9-5-3-7-11-9;3*1-4(6)3-5(2)7;;;;;;/h3-7,9-12H,1-2H3;1-8,10-11H;1-6,8-9H;1-4,6-8H;1-6,8-9H;1-4,6-7H;3*3,6H,1-2H3;;;;;;/q6*-1;;;;;;;;;. The van der Waals surface area contributed by atoms with E-state index in [9.17, 15) is 27.6 Å². The third kappa shape index (κ3) is 32.7. The number of alkyl halides is 3. The van der Waals surface area contributed by atoms with Crippen molar-refractivity contribution in [2.75, 3.05) is 0 Å². The molecule has 1 aliphatic carbocycles. The first-order valence-electron chi connectivity index (χ1n) is 35.5. The van der Waals surface area contributed by atoms with Gasteiger partial charge in [0.1, 0.15) is 11.5 Å². The molecule has 0 bridgehead atoms. The van der Waals surface area contributed by atoms with Gasteiger partial charge >= 0.3 is 6.18 Å². The Labute approximate surface area is 786 Å². The molecule has 5 radical (unpaired) electrons. The van der Waals surface area contributed by atoms with Crippen molar-refractivity contribution in [3.8, 4) is 71.9 Å². The first-order chi connectivity index (χ1) is 54.9. The van der Waals surface area contributed by atoms with Crippen LogP contribution in [0.1, 0.15) is 72.1 Å². The molecule has 3 N–H and O–H groups in total. The minimum atomic E-state index is -4.32. The number of aliphatic hydroxyl groups is 3. The summed E-state index contributed by atoms with van der Waals surface area (Å²) in [5.74, 6) is 0.435. The normalized spacial score (nSPS) is 11.0. The van der Waals surface area contributed by atoms with Crippen molar-refractivity contribution in [3.05, 3.63) is 380 Å². The van der Waals surface area contributed by atoms with E-state index in [1.54, 1.807) is 65.7 Å². The molecule has 1 aliphatic rings. The Kier molecular flexibility index (Phi) is 46.3. The minimum Gasteiger partial charge on any atom is -0.512 e. The molecular weight excluding hydrogens is 2630 g/mol. The number of oxazole rings is 1. The Morgan fingerprint density at radius 2 is 1.02 bits per heavy atom. The molecule has 120 heavy (non-hydrogen) atoms. The molecule has 0 aliphatic heterocycles. The molecule has 16 aromatic rings. The second-order valence-electron chi connectivity index (χ2n) is 25.4. The van der Waals surface area contributed by atoms with Gasteiger partial charge in [-0.3, -0.25) is 29.0 Å². The van der Waals surface area contributed by atoms with Crippen LogP contribution in [-0.2, 0) is 148 Å². The van der Waals surface area contributed by atoms with Crippen LogP contribution >= 0.6 is 22.7 Å². The number of halogens is 3. The second kappa shape index (κ2) is 53.2. The molecule has 17 rings (SSSR count). The number of benzene rings is 9. The van der Waals surface area contributed by atoms with E-state index in [1.165, 1.54) is 104 Å². The van der Waals surface area contributed by atoms with Crippen LogP contribution in [-0.4, -0.2) is 67.4 Å². The monoisotopic (exact) mass is 2710 g/mol. The van der Waals surface area contributed by atoms with Crippen molar-refractivity contribution in [1.29, 1.82) is 0 Å². The molecule has 0 spiro atoms. The number of carbonyl (C=O) groups excluding carboxylic acids is 3. The Bertz CT molecular complexity index is 5650.